The molecule has 0 spiro atoms. The number of halogens is 1. The monoisotopic (exact) mass is 279 g/mol. The smallest absolute Gasteiger partial charge is 0.322 e. The van der Waals surface area contributed by atoms with Crippen molar-refractivity contribution < 1.29 is 9.59 Å². The van der Waals surface area contributed by atoms with Crippen molar-refractivity contribution in [3.63, 3.8) is 0 Å². The van der Waals surface area contributed by atoms with Crippen LogP contribution in [0.5, 0.6) is 0 Å². The van der Waals surface area contributed by atoms with E-state index in [1.807, 2.05) is 0 Å². The summed E-state index contributed by atoms with van der Waals surface area (Å²) in [5.41, 5.74) is 0.704. The van der Waals surface area contributed by atoms with Gasteiger partial charge in [-0.05, 0) is 30.7 Å². The van der Waals surface area contributed by atoms with Gasteiger partial charge in [-0.15, -0.1) is 0 Å². The normalized spacial score (nSPS) is 25.1. The van der Waals surface area contributed by atoms with E-state index in [4.69, 9.17) is 11.6 Å². The van der Waals surface area contributed by atoms with Crippen molar-refractivity contribution in [2.75, 3.05) is 11.9 Å². The summed E-state index contributed by atoms with van der Waals surface area (Å²) < 4.78 is 0. The van der Waals surface area contributed by atoms with Gasteiger partial charge in [0.25, 0.3) is 0 Å². The van der Waals surface area contributed by atoms with Gasteiger partial charge >= 0.3 is 6.03 Å². The van der Waals surface area contributed by atoms with E-state index in [0.717, 1.165) is 6.42 Å². The maximum Gasteiger partial charge on any atom is 0.322 e. The molecular weight excluding hydrogens is 266 g/mol. The molecule has 1 aromatic rings. The number of urea groups is 1. The molecule has 2 heterocycles. The zero-order chi connectivity index (χ0) is 13.4. The molecule has 2 atom stereocenters. The summed E-state index contributed by atoms with van der Waals surface area (Å²) in [5, 5.41) is 6.35. The third-order valence-corrected chi connectivity index (χ3v) is 3.90. The van der Waals surface area contributed by atoms with Gasteiger partial charge in [0.2, 0.25) is 5.91 Å². The number of nitrogens with one attached hydrogen (secondary N) is 2. The molecule has 0 aliphatic carbocycles. The molecule has 0 bridgehead atoms. The summed E-state index contributed by atoms with van der Waals surface area (Å²) >= 11 is 5.80. The Bertz CT molecular complexity index is 517. The Morgan fingerprint density at radius 3 is 2.84 bits per heavy atom. The zero-order valence-corrected chi connectivity index (χ0v) is 11.0. The first-order chi connectivity index (χ1) is 9.13. The number of hydrogen-bond donors (Lipinski definition) is 2. The fourth-order valence-corrected chi connectivity index (χ4v) is 2.84. The number of amides is 3. The largest absolute Gasteiger partial charge is 0.351 e. The molecule has 2 aliphatic heterocycles. The van der Waals surface area contributed by atoms with E-state index in [-0.39, 0.29) is 24.0 Å². The minimum Gasteiger partial charge on any atom is -0.351 e. The summed E-state index contributed by atoms with van der Waals surface area (Å²) in [4.78, 5) is 25.3. The van der Waals surface area contributed by atoms with Gasteiger partial charge < -0.3 is 15.5 Å². The molecule has 5 nitrogen and oxygen atoms in total. The standard InChI is InChI=1S/C13H14ClN3O2/c14-8-1-3-9(4-2-8)15-13(19)17-6-5-10-11(17)7-12(18)16-10/h1-4,10-11H,5-7H2,(H,15,19)(H,16,18)/t10-,11-/m1/s1. The number of carbonyl (C=O) groups excluding carboxylic acids is 2. The topological polar surface area (TPSA) is 61.4 Å². The molecule has 2 saturated heterocycles. The van der Waals surface area contributed by atoms with Gasteiger partial charge in [0.15, 0.2) is 0 Å². The van der Waals surface area contributed by atoms with E-state index in [9.17, 15) is 9.59 Å². The molecule has 2 fully saturated rings. The van der Waals surface area contributed by atoms with Crippen molar-refractivity contribution in [2.45, 2.75) is 24.9 Å². The first-order valence-electron chi connectivity index (χ1n) is 6.26. The molecular formula is C13H14ClN3O2. The lowest BCUT2D eigenvalue weighted by molar-refractivity contribution is -0.119. The second-order valence-corrected chi connectivity index (χ2v) is 5.30. The average Bonchev–Trinajstić information content (AvgIpc) is 2.90. The Hall–Kier alpha value is -1.75. The summed E-state index contributed by atoms with van der Waals surface area (Å²) in [5.74, 6) is 0.0268. The van der Waals surface area contributed by atoms with Gasteiger partial charge in [-0.1, -0.05) is 11.6 Å². The molecule has 0 radical (unpaired) electrons. The predicted molar refractivity (Wildman–Crippen MR) is 72.1 cm³/mol. The SMILES string of the molecule is O=C1C[C@@H]2[C@@H](CCN2C(=O)Nc2ccc(Cl)cc2)N1. The molecule has 0 unspecified atom stereocenters. The highest BCUT2D eigenvalue weighted by Gasteiger charge is 2.43. The van der Waals surface area contributed by atoms with Crippen molar-refractivity contribution in [1.29, 1.82) is 0 Å². The van der Waals surface area contributed by atoms with Gasteiger partial charge in [0.1, 0.15) is 0 Å². The first-order valence-corrected chi connectivity index (χ1v) is 6.64. The van der Waals surface area contributed by atoms with E-state index in [1.165, 1.54) is 0 Å². The molecule has 19 heavy (non-hydrogen) atoms. The van der Waals surface area contributed by atoms with Crippen LogP contribution in [0.3, 0.4) is 0 Å². The number of fused-ring (bicyclic) bond motifs is 1. The molecule has 1 aromatic carbocycles. The van der Waals surface area contributed by atoms with Crippen LogP contribution in [0, 0.1) is 0 Å². The van der Waals surface area contributed by atoms with Crippen LogP contribution in [0.15, 0.2) is 24.3 Å². The number of rotatable bonds is 1. The lowest BCUT2D eigenvalue weighted by Crippen LogP contribution is -2.41. The van der Waals surface area contributed by atoms with Gasteiger partial charge in [0.05, 0.1) is 12.1 Å². The maximum absolute atomic E-state index is 12.2. The molecule has 0 saturated carbocycles. The number of anilines is 1. The molecule has 0 aromatic heterocycles. The van der Waals surface area contributed by atoms with Crippen molar-refractivity contribution in [3.05, 3.63) is 29.3 Å². The Morgan fingerprint density at radius 2 is 2.11 bits per heavy atom. The second kappa shape index (κ2) is 4.74. The van der Waals surface area contributed by atoms with Crippen LogP contribution >= 0.6 is 11.6 Å². The fraction of sp³-hybridized carbons (Fsp3) is 0.385. The van der Waals surface area contributed by atoms with Gasteiger partial charge in [-0.2, -0.15) is 0 Å². The Labute approximate surface area is 115 Å². The van der Waals surface area contributed by atoms with Crippen molar-refractivity contribution in [1.82, 2.24) is 10.2 Å². The molecule has 100 valence electrons. The van der Waals surface area contributed by atoms with Crippen LogP contribution in [0.4, 0.5) is 10.5 Å². The van der Waals surface area contributed by atoms with Gasteiger partial charge in [-0.25, -0.2) is 4.79 Å². The molecule has 3 amide bonds. The number of carbonyl (C=O) groups is 2. The van der Waals surface area contributed by atoms with E-state index < -0.39 is 0 Å². The van der Waals surface area contributed by atoms with E-state index in [2.05, 4.69) is 10.6 Å². The summed E-state index contributed by atoms with van der Waals surface area (Å²) in [6.45, 7) is 0.676. The lowest BCUT2D eigenvalue weighted by Gasteiger charge is -2.23. The summed E-state index contributed by atoms with van der Waals surface area (Å²) in [7, 11) is 0. The third-order valence-electron chi connectivity index (χ3n) is 3.64. The average molecular weight is 280 g/mol. The minimum absolute atomic E-state index is 0.0141. The molecule has 2 N–H and O–H groups in total. The van der Waals surface area contributed by atoms with Crippen LogP contribution in [-0.2, 0) is 4.79 Å². The van der Waals surface area contributed by atoms with Crippen molar-refractivity contribution >= 4 is 29.2 Å². The Morgan fingerprint density at radius 1 is 1.37 bits per heavy atom. The van der Waals surface area contributed by atoms with Crippen LogP contribution < -0.4 is 10.6 Å². The van der Waals surface area contributed by atoms with Crippen LogP contribution in [0.1, 0.15) is 12.8 Å². The predicted octanol–water partition coefficient (Wildman–Crippen LogP) is 1.83. The van der Waals surface area contributed by atoms with Crippen molar-refractivity contribution in [3.8, 4) is 0 Å². The highest BCUT2D eigenvalue weighted by Crippen LogP contribution is 2.26. The number of nitrogens with zero attached hydrogens (tertiary/aromatic N) is 1. The van der Waals surface area contributed by atoms with E-state index in [1.54, 1.807) is 29.2 Å². The Balaban J connectivity index is 1.67. The lowest BCUT2D eigenvalue weighted by atomic mass is 10.1. The maximum atomic E-state index is 12.2. The number of hydrogen-bond acceptors (Lipinski definition) is 2. The molecule has 3 rings (SSSR count). The molecule has 2 aliphatic rings. The highest BCUT2D eigenvalue weighted by molar-refractivity contribution is 6.30. The third kappa shape index (κ3) is 2.38. The fourth-order valence-electron chi connectivity index (χ4n) is 2.71. The summed E-state index contributed by atoms with van der Waals surface area (Å²) in [6.07, 6.45) is 1.23. The van der Waals surface area contributed by atoms with Crippen LogP contribution in [0.2, 0.25) is 5.02 Å². The Kier molecular flexibility index (Phi) is 3.06. The van der Waals surface area contributed by atoms with Crippen LogP contribution in [0.25, 0.3) is 0 Å². The molecule has 6 heteroatoms. The number of benzene rings is 1. The second-order valence-electron chi connectivity index (χ2n) is 4.86. The van der Waals surface area contributed by atoms with E-state index in [0.29, 0.717) is 23.7 Å². The quantitative estimate of drug-likeness (QED) is 0.824. The first kappa shape index (κ1) is 12.3. The highest BCUT2D eigenvalue weighted by atomic mass is 35.5. The van der Waals surface area contributed by atoms with Crippen molar-refractivity contribution in [2.24, 2.45) is 0 Å². The van der Waals surface area contributed by atoms with E-state index >= 15 is 0 Å². The summed E-state index contributed by atoms with van der Waals surface area (Å²) in [6, 6.07) is 6.90. The number of likely N-dealkylation sites (tertiary alicyclic amines) is 1. The van der Waals surface area contributed by atoms with Gasteiger partial charge in [-0.3, -0.25) is 4.79 Å². The van der Waals surface area contributed by atoms with Crippen LogP contribution in [-0.4, -0.2) is 35.5 Å². The zero-order valence-electron chi connectivity index (χ0n) is 10.2. The van der Waals surface area contributed by atoms with Gasteiger partial charge in [0, 0.05) is 23.7 Å². The minimum atomic E-state index is -0.161.